The number of aryl methyl sites for hydroxylation is 1. The van der Waals surface area contributed by atoms with E-state index in [1.807, 2.05) is 0 Å². The molecule has 2 rings (SSSR count). The summed E-state index contributed by atoms with van der Waals surface area (Å²) in [5.41, 5.74) is 0.937. The molecule has 1 aliphatic rings. The number of carbonyl (C=O) groups excluding carboxylic acids is 1. The average molecular weight is 249 g/mol. The summed E-state index contributed by atoms with van der Waals surface area (Å²) in [6, 6.07) is 4.62. The molecule has 96 valence electrons. The molecule has 1 atom stereocenters. The normalized spacial score (nSPS) is 19.1. The van der Waals surface area contributed by atoms with Crippen LogP contribution < -0.4 is 4.74 Å². The number of hydrogen-bond donors (Lipinski definition) is 1. The predicted octanol–water partition coefficient (Wildman–Crippen LogP) is 1.30. The molecular formula is C13H15NO4. The van der Waals surface area contributed by atoms with Gasteiger partial charge in [-0.3, -0.25) is 4.79 Å². The standard InChI is InChI=1S/C13H15NO4/c1-8-7-9(13(16)17)3-4-10(8)18-11-5-6-14(2)12(11)15/h3-4,7,11H,5-6H2,1-2H3,(H,16,17). The van der Waals surface area contributed by atoms with Crippen LogP contribution in [-0.2, 0) is 4.79 Å². The van der Waals surface area contributed by atoms with Crippen LogP contribution in [0.3, 0.4) is 0 Å². The Morgan fingerprint density at radius 2 is 2.22 bits per heavy atom. The van der Waals surface area contributed by atoms with Crippen molar-refractivity contribution in [2.24, 2.45) is 0 Å². The van der Waals surface area contributed by atoms with Crippen molar-refractivity contribution in [1.29, 1.82) is 0 Å². The van der Waals surface area contributed by atoms with Gasteiger partial charge in [-0.05, 0) is 30.7 Å². The second kappa shape index (κ2) is 4.68. The number of likely N-dealkylation sites (tertiary alicyclic amines) is 1. The van der Waals surface area contributed by atoms with Crippen LogP contribution in [0.2, 0.25) is 0 Å². The maximum Gasteiger partial charge on any atom is 0.335 e. The Labute approximate surface area is 105 Å². The van der Waals surface area contributed by atoms with E-state index in [-0.39, 0.29) is 11.5 Å². The minimum Gasteiger partial charge on any atom is -0.480 e. The zero-order valence-electron chi connectivity index (χ0n) is 10.3. The van der Waals surface area contributed by atoms with Crippen molar-refractivity contribution >= 4 is 11.9 Å². The van der Waals surface area contributed by atoms with E-state index in [1.54, 1.807) is 31.0 Å². The smallest absolute Gasteiger partial charge is 0.335 e. The molecule has 0 saturated carbocycles. The molecule has 1 N–H and O–H groups in total. The third-order valence-electron chi connectivity index (χ3n) is 3.07. The van der Waals surface area contributed by atoms with Crippen molar-refractivity contribution in [3.63, 3.8) is 0 Å². The summed E-state index contributed by atoms with van der Waals surface area (Å²) < 4.78 is 5.64. The molecule has 1 unspecified atom stereocenters. The molecule has 1 aromatic carbocycles. The molecule has 1 amide bonds. The molecular weight excluding hydrogens is 234 g/mol. The summed E-state index contributed by atoms with van der Waals surface area (Å²) in [4.78, 5) is 24.1. The number of likely N-dealkylation sites (N-methyl/N-ethyl adjacent to an activating group) is 1. The first-order chi connectivity index (χ1) is 8.49. The first-order valence-electron chi connectivity index (χ1n) is 5.74. The minimum absolute atomic E-state index is 0.0308. The minimum atomic E-state index is -0.971. The topological polar surface area (TPSA) is 66.8 Å². The van der Waals surface area contributed by atoms with Gasteiger partial charge in [0.15, 0.2) is 6.10 Å². The third-order valence-corrected chi connectivity index (χ3v) is 3.07. The highest BCUT2D eigenvalue weighted by Crippen LogP contribution is 2.23. The summed E-state index contributed by atoms with van der Waals surface area (Å²) >= 11 is 0. The van der Waals surface area contributed by atoms with Crippen LogP contribution in [0.15, 0.2) is 18.2 Å². The van der Waals surface area contributed by atoms with E-state index in [2.05, 4.69) is 0 Å². The summed E-state index contributed by atoms with van der Waals surface area (Å²) in [5.74, 6) is -0.438. The molecule has 5 heteroatoms. The highest BCUT2D eigenvalue weighted by Gasteiger charge is 2.31. The highest BCUT2D eigenvalue weighted by atomic mass is 16.5. The van der Waals surface area contributed by atoms with E-state index in [4.69, 9.17) is 9.84 Å². The second-order valence-corrected chi connectivity index (χ2v) is 4.44. The highest BCUT2D eigenvalue weighted by molar-refractivity contribution is 5.88. The quantitative estimate of drug-likeness (QED) is 0.876. The Kier molecular flexibility index (Phi) is 3.23. The predicted molar refractivity (Wildman–Crippen MR) is 64.8 cm³/mol. The van der Waals surface area contributed by atoms with Gasteiger partial charge in [0, 0.05) is 20.0 Å². The fraction of sp³-hybridized carbons (Fsp3) is 0.385. The van der Waals surface area contributed by atoms with Crippen LogP contribution in [0, 0.1) is 6.92 Å². The van der Waals surface area contributed by atoms with Crippen LogP contribution in [0.25, 0.3) is 0 Å². The fourth-order valence-corrected chi connectivity index (χ4v) is 1.97. The molecule has 1 aliphatic heterocycles. The number of carboxylic acid groups (broad SMARTS) is 1. The van der Waals surface area contributed by atoms with Gasteiger partial charge in [0.25, 0.3) is 5.91 Å². The van der Waals surface area contributed by atoms with Crippen molar-refractivity contribution in [2.45, 2.75) is 19.4 Å². The fourth-order valence-electron chi connectivity index (χ4n) is 1.97. The van der Waals surface area contributed by atoms with E-state index in [9.17, 15) is 9.59 Å². The molecule has 0 aliphatic carbocycles. The van der Waals surface area contributed by atoms with Gasteiger partial charge in [0.05, 0.1) is 5.56 Å². The lowest BCUT2D eigenvalue weighted by atomic mass is 10.1. The van der Waals surface area contributed by atoms with Crippen LogP contribution >= 0.6 is 0 Å². The van der Waals surface area contributed by atoms with E-state index >= 15 is 0 Å². The molecule has 18 heavy (non-hydrogen) atoms. The van der Waals surface area contributed by atoms with E-state index < -0.39 is 12.1 Å². The van der Waals surface area contributed by atoms with E-state index in [1.165, 1.54) is 6.07 Å². The summed E-state index contributed by atoms with van der Waals surface area (Å²) in [5, 5.41) is 8.86. The van der Waals surface area contributed by atoms with Gasteiger partial charge in [0.1, 0.15) is 5.75 Å². The second-order valence-electron chi connectivity index (χ2n) is 4.44. The van der Waals surface area contributed by atoms with Gasteiger partial charge in [-0.25, -0.2) is 4.79 Å². The Balaban J connectivity index is 2.15. The monoisotopic (exact) mass is 249 g/mol. The van der Waals surface area contributed by atoms with Gasteiger partial charge in [-0.1, -0.05) is 0 Å². The van der Waals surface area contributed by atoms with Crippen LogP contribution in [0.4, 0.5) is 0 Å². The number of aromatic carboxylic acids is 1. The van der Waals surface area contributed by atoms with Crippen LogP contribution in [-0.4, -0.2) is 41.6 Å². The first kappa shape index (κ1) is 12.4. The number of amides is 1. The molecule has 1 fully saturated rings. The number of benzene rings is 1. The van der Waals surface area contributed by atoms with E-state index in [0.29, 0.717) is 18.7 Å². The number of nitrogens with zero attached hydrogens (tertiary/aromatic N) is 1. The van der Waals surface area contributed by atoms with Crippen molar-refractivity contribution in [3.8, 4) is 5.75 Å². The zero-order valence-corrected chi connectivity index (χ0v) is 10.3. The van der Waals surface area contributed by atoms with Crippen molar-refractivity contribution < 1.29 is 19.4 Å². The average Bonchev–Trinajstić information content (AvgIpc) is 2.63. The molecule has 1 saturated heterocycles. The van der Waals surface area contributed by atoms with Gasteiger partial charge >= 0.3 is 5.97 Å². The molecule has 5 nitrogen and oxygen atoms in total. The van der Waals surface area contributed by atoms with Gasteiger partial charge in [0.2, 0.25) is 0 Å². The van der Waals surface area contributed by atoms with Gasteiger partial charge in [-0.15, -0.1) is 0 Å². The van der Waals surface area contributed by atoms with Gasteiger partial charge < -0.3 is 14.7 Å². The van der Waals surface area contributed by atoms with Gasteiger partial charge in [-0.2, -0.15) is 0 Å². The molecule has 1 heterocycles. The van der Waals surface area contributed by atoms with Crippen molar-refractivity contribution in [1.82, 2.24) is 4.90 Å². The lowest BCUT2D eigenvalue weighted by molar-refractivity contribution is -0.132. The third kappa shape index (κ3) is 2.30. The first-order valence-corrected chi connectivity index (χ1v) is 5.74. The Hall–Kier alpha value is -2.04. The van der Waals surface area contributed by atoms with Crippen LogP contribution in [0.5, 0.6) is 5.75 Å². The summed E-state index contributed by atoms with van der Waals surface area (Å²) in [6.07, 6.45) is 0.208. The zero-order chi connectivity index (χ0) is 13.3. The largest absolute Gasteiger partial charge is 0.480 e. The lowest BCUT2D eigenvalue weighted by Crippen LogP contribution is -2.29. The molecule has 0 radical (unpaired) electrons. The Morgan fingerprint density at radius 3 is 2.72 bits per heavy atom. The number of ether oxygens (including phenoxy) is 1. The molecule has 0 bridgehead atoms. The number of carbonyl (C=O) groups is 2. The molecule has 1 aromatic rings. The molecule has 0 aromatic heterocycles. The SMILES string of the molecule is Cc1cc(C(=O)O)ccc1OC1CCN(C)C1=O. The number of rotatable bonds is 3. The van der Waals surface area contributed by atoms with E-state index in [0.717, 1.165) is 5.56 Å². The lowest BCUT2D eigenvalue weighted by Gasteiger charge is -2.15. The van der Waals surface area contributed by atoms with Crippen molar-refractivity contribution in [2.75, 3.05) is 13.6 Å². The van der Waals surface area contributed by atoms with Crippen molar-refractivity contribution in [3.05, 3.63) is 29.3 Å². The summed E-state index contributed by atoms with van der Waals surface area (Å²) in [7, 11) is 1.74. The number of carboxylic acids is 1. The maximum atomic E-state index is 11.7. The van der Waals surface area contributed by atoms with Crippen LogP contribution in [0.1, 0.15) is 22.3 Å². The Bertz CT molecular complexity index is 498. The molecule has 0 spiro atoms. The maximum absolute atomic E-state index is 11.7. The Morgan fingerprint density at radius 1 is 1.50 bits per heavy atom. The number of hydrogen-bond acceptors (Lipinski definition) is 3. The summed E-state index contributed by atoms with van der Waals surface area (Å²) in [6.45, 7) is 2.46.